The fraction of sp³-hybridized carbons (Fsp3) is 0.250. The zero-order valence-electron chi connectivity index (χ0n) is 7.64. The highest BCUT2D eigenvalue weighted by Gasteiger charge is 2.00. The molecule has 0 saturated heterocycles. The van der Waals surface area contributed by atoms with E-state index in [9.17, 15) is 0 Å². The molecule has 1 aromatic carbocycles. The van der Waals surface area contributed by atoms with Gasteiger partial charge >= 0.3 is 0 Å². The van der Waals surface area contributed by atoms with Gasteiger partial charge in [0.1, 0.15) is 12.2 Å². The summed E-state index contributed by atoms with van der Waals surface area (Å²) < 4.78 is 13.8. The van der Waals surface area contributed by atoms with Gasteiger partial charge in [0.15, 0.2) is 0 Å². The fourth-order valence-electron chi connectivity index (χ4n) is 1.06. The second-order valence-corrected chi connectivity index (χ2v) is 2.36. The van der Waals surface area contributed by atoms with Crippen LogP contribution in [0.1, 0.15) is 1.37 Å². The van der Waals surface area contributed by atoms with Crippen molar-refractivity contribution in [1.82, 2.24) is 15.0 Å². The minimum atomic E-state index is -0.826. The minimum absolute atomic E-state index is 0.775. The van der Waals surface area contributed by atoms with E-state index in [2.05, 4.69) is 10.3 Å². The molecule has 0 aliphatic rings. The number of methoxy groups -OCH3 is 1. The molecule has 62 valence electrons. The van der Waals surface area contributed by atoms with Crippen molar-refractivity contribution in [2.75, 3.05) is 7.11 Å². The summed E-state index contributed by atoms with van der Waals surface area (Å²) in [7, 11) is 1.47. The Labute approximate surface area is 71.2 Å². The molecule has 0 amide bonds. The summed E-state index contributed by atoms with van der Waals surface area (Å²) in [5, 5.41) is 7.72. The first-order chi connectivity index (χ1) is 6.33. The quantitative estimate of drug-likeness (QED) is 0.665. The predicted molar refractivity (Wildman–Crippen MR) is 44.5 cm³/mol. The lowest BCUT2D eigenvalue weighted by Crippen LogP contribution is -2.01. The molecule has 0 spiro atoms. The van der Waals surface area contributed by atoms with Crippen molar-refractivity contribution in [1.29, 1.82) is 0 Å². The van der Waals surface area contributed by atoms with E-state index in [0.29, 0.717) is 0 Å². The highest BCUT2D eigenvalue weighted by atomic mass is 16.5. The molecule has 0 radical (unpaired) electrons. The summed E-state index contributed by atoms with van der Waals surface area (Å²) in [5.74, 6) is 0. The number of ether oxygens (including phenoxy) is 1. The van der Waals surface area contributed by atoms with Crippen molar-refractivity contribution in [2.24, 2.45) is 0 Å². The van der Waals surface area contributed by atoms with E-state index in [4.69, 9.17) is 6.11 Å². The molecule has 1 aromatic heterocycles. The third kappa shape index (κ3) is 1.06. The molecule has 0 bridgehead atoms. The average Bonchev–Trinajstić information content (AvgIpc) is 2.60. The average molecular weight is 164 g/mol. The second kappa shape index (κ2) is 2.91. The topological polar surface area (TPSA) is 39.9 Å². The summed E-state index contributed by atoms with van der Waals surface area (Å²) >= 11 is 0. The minimum Gasteiger partial charge on any atom is -0.362 e. The van der Waals surface area contributed by atoms with Crippen LogP contribution in [0.5, 0.6) is 0 Å². The Bertz CT molecular complexity index is 414. The fourth-order valence-corrected chi connectivity index (χ4v) is 1.06. The summed E-state index contributed by atoms with van der Waals surface area (Å²) in [4.78, 5) is 0. The summed E-state index contributed by atoms with van der Waals surface area (Å²) in [6, 6.07) is 7.47. The summed E-state index contributed by atoms with van der Waals surface area (Å²) in [6.07, 6.45) is 0. The molecule has 0 fully saturated rings. The maximum atomic E-state index is 7.50. The molecule has 1 heterocycles. The van der Waals surface area contributed by atoms with Crippen LogP contribution in [0.2, 0.25) is 0 Å². The lowest BCUT2D eigenvalue weighted by molar-refractivity contribution is 0.122. The maximum absolute atomic E-state index is 7.50. The van der Waals surface area contributed by atoms with Crippen molar-refractivity contribution in [3.63, 3.8) is 0 Å². The van der Waals surface area contributed by atoms with Gasteiger partial charge in [0, 0.05) is 7.11 Å². The lowest BCUT2D eigenvalue weighted by atomic mass is 10.3. The first kappa shape index (κ1) is 6.14. The molecule has 1 atom stereocenters. The van der Waals surface area contributed by atoms with Crippen molar-refractivity contribution in [3.8, 4) is 0 Å². The number of hydrogen-bond donors (Lipinski definition) is 0. The predicted octanol–water partition coefficient (Wildman–Crippen LogP) is 1.04. The maximum Gasteiger partial charge on any atom is 0.141 e. The van der Waals surface area contributed by atoms with Crippen LogP contribution in [0.3, 0.4) is 0 Å². The highest BCUT2D eigenvalue weighted by Crippen LogP contribution is 2.08. The Kier molecular flexibility index (Phi) is 1.49. The zero-order valence-corrected chi connectivity index (χ0v) is 6.64. The Morgan fingerprint density at radius 3 is 3.25 bits per heavy atom. The zero-order chi connectivity index (χ0) is 9.26. The number of fused-ring (bicyclic) bond motifs is 1. The third-order valence-electron chi connectivity index (χ3n) is 1.58. The van der Waals surface area contributed by atoms with E-state index in [0.717, 1.165) is 11.0 Å². The van der Waals surface area contributed by atoms with Gasteiger partial charge in [0.05, 0.1) is 6.89 Å². The second-order valence-electron chi connectivity index (χ2n) is 2.36. The van der Waals surface area contributed by atoms with E-state index >= 15 is 0 Å². The largest absolute Gasteiger partial charge is 0.362 e. The van der Waals surface area contributed by atoms with Crippen molar-refractivity contribution >= 4 is 11.0 Å². The van der Waals surface area contributed by atoms with E-state index in [1.54, 1.807) is 0 Å². The Morgan fingerprint density at radius 2 is 2.42 bits per heavy atom. The lowest BCUT2D eigenvalue weighted by Gasteiger charge is -1.97. The number of aromatic nitrogens is 3. The van der Waals surface area contributed by atoms with Crippen LogP contribution in [-0.4, -0.2) is 22.1 Å². The van der Waals surface area contributed by atoms with Crippen molar-refractivity contribution in [2.45, 2.75) is 6.71 Å². The molecule has 0 saturated carbocycles. The summed E-state index contributed by atoms with van der Waals surface area (Å²) in [5.41, 5.74) is 1.58. The monoisotopic (exact) mass is 164 g/mol. The van der Waals surface area contributed by atoms with E-state index in [1.165, 1.54) is 11.8 Å². The molecule has 0 aliphatic heterocycles. The molecular weight excluding hydrogens is 154 g/mol. The van der Waals surface area contributed by atoms with Gasteiger partial charge in [-0.15, -0.1) is 5.10 Å². The SMILES string of the molecule is [2H]C(OC)n1nnc2ccccc21. The van der Waals surface area contributed by atoms with Gasteiger partial charge in [-0.3, -0.25) is 0 Å². The van der Waals surface area contributed by atoms with Gasteiger partial charge < -0.3 is 4.74 Å². The van der Waals surface area contributed by atoms with Crippen LogP contribution in [0.15, 0.2) is 24.3 Å². The van der Waals surface area contributed by atoms with Gasteiger partial charge in [0.25, 0.3) is 0 Å². The number of para-hydroxylation sites is 1. The van der Waals surface area contributed by atoms with Crippen LogP contribution in [-0.2, 0) is 11.4 Å². The van der Waals surface area contributed by atoms with E-state index in [-0.39, 0.29) is 0 Å². The number of benzene rings is 1. The van der Waals surface area contributed by atoms with Gasteiger partial charge in [-0.05, 0) is 12.1 Å². The molecular formula is C8H9N3O. The standard InChI is InChI=1S/C8H9N3O/c1-12-6-11-8-5-3-2-4-7(8)9-10-11/h2-5H,6H2,1H3/i6D. The molecule has 2 aromatic rings. The smallest absolute Gasteiger partial charge is 0.141 e. The Hall–Kier alpha value is -1.42. The third-order valence-corrected chi connectivity index (χ3v) is 1.58. The first-order valence-electron chi connectivity index (χ1n) is 4.15. The highest BCUT2D eigenvalue weighted by molar-refractivity contribution is 5.73. The number of hydrogen-bond acceptors (Lipinski definition) is 3. The molecule has 12 heavy (non-hydrogen) atoms. The molecule has 2 rings (SSSR count). The van der Waals surface area contributed by atoms with E-state index in [1.807, 2.05) is 24.3 Å². The van der Waals surface area contributed by atoms with Crippen LogP contribution in [0.4, 0.5) is 0 Å². The van der Waals surface area contributed by atoms with Crippen LogP contribution >= 0.6 is 0 Å². The molecule has 4 heteroatoms. The Balaban J connectivity index is 2.57. The van der Waals surface area contributed by atoms with Crippen LogP contribution in [0.25, 0.3) is 11.0 Å². The summed E-state index contributed by atoms with van der Waals surface area (Å²) in [6.45, 7) is -0.826. The Morgan fingerprint density at radius 1 is 1.58 bits per heavy atom. The number of rotatable bonds is 2. The van der Waals surface area contributed by atoms with Gasteiger partial charge in [-0.2, -0.15) is 0 Å². The van der Waals surface area contributed by atoms with Crippen molar-refractivity contribution < 1.29 is 6.11 Å². The molecule has 1 unspecified atom stereocenters. The van der Waals surface area contributed by atoms with Crippen molar-refractivity contribution in [3.05, 3.63) is 24.3 Å². The van der Waals surface area contributed by atoms with Crippen LogP contribution < -0.4 is 0 Å². The van der Waals surface area contributed by atoms with Gasteiger partial charge in [0.2, 0.25) is 0 Å². The van der Waals surface area contributed by atoms with Gasteiger partial charge in [-0.1, -0.05) is 17.3 Å². The molecule has 4 nitrogen and oxygen atoms in total. The molecule has 0 aliphatic carbocycles. The molecule has 0 N–H and O–H groups in total. The first-order valence-corrected chi connectivity index (χ1v) is 3.58. The normalized spacial score (nSPS) is 14.6. The van der Waals surface area contributed by atoms with E-state index < -0.39 is 6.71 Å². The number of nitrogens with zero attached hydrogens (tertiary/aromatic N) is 3. The van der Waals surface area contributed by atoms with Crippen LogP contribution in [0, 0.1) is 0 Å². The van der Waals surface area contributed by atoms with Gasteiger partial charge in [-0.25, -0.2) is 4.68 Å².